The maximum absolute atomic E-state index is 12.1. The fourth-order valence-electron chi connectivity index (χ4n) is 3.39. The molecular weight excluding hydrogens is 276 g/mol. The van der Waals surface area contributed by atoms with Crippen LogP contribution in [-0.4, -0.2) is 17.6 Å². The monoisotopic (exact) mass is 298 g/mol. The van der Waals surface area contributed by atoms with Crippen LogP contribution >= 0.6 is 0 Å². The third-order valence-corrected chi connectivity index (χ3v) is 4.55. The topological polar surface area (TPSA) is 55.1 Å². The molecular formula is C18H22N2O2. The number of benzene rings is 1. The molecule has 22 heavy (non-hydrogen) atoms. The maximum atomic E-state index is 12.1. The normalized spacial score (nSPS) is 20.2. The number of amides is 1. The quantitative estimate of drug-likeness (QED) is 0.937. The molecule has 0 fully saturated rings. The lowest BCUT2D eigenvalue weighted by Crippen LogP contribution is -2.28. The molecule has 1 N–H and O–H groups in total. The fourth-order valence-corrected chi connectivity index (χ4v) is 3.39. The van der Waals surface area contributed by atoms with E-state index in [0.717, 1.165) is 6.42 Å². The Balaban J connectivity index is 1.70. The molecule has 0 unspecified atom stereocenters. The van der Waals surface area contributed by atoms with Gasteiger partial charge in [-0.05, 0) is 36.3 Å². The summed E-state index contributed by atoms with van der Waals surface area (Å²) in [6.45, 7) is 6.95. The van der Waals surface area contributed by atoms with Gasteiger partial charge in [-0.25, -0.2) is 0 Å². The number of nitrogens with one attached hydrogen (secondary N) is 1. The van der Waals surface area contributed by atoms with E-state index in [4.69, 9.17) is 4.52 Å². The van der Waals surface area contributed by atoms with E-state index in [-0.39, 0.29) is 5.91 Å². The van der Waals surface area contributed by atoms with Gasteiger partial charge in [-0.3, -0.25) is 4.79 Å². The predicted molar refractivity (Wildman–Crippen MR) is 85.0 cm³/mol. The molecule has 0 radical (unpaired) electrons. The standard InChI is InChI=1S/C18H22N2O2/c1-11(2)16-9-13(14-6-4-5-7-15(14)16)10-19-18(21)17-8-12(3)22-20-17/h4-8,11,13,16H,9-10H2,1-3H3,(H,19,21)/t13-,16-/m0/s1. The lowest BCUT2D eigenvalue weighted by Gasteiger charge is -2.16. The van der Waals surface area contributed by atoms with E-state index in [0.29, 0.717) is 35.8 Å². The maximum Gasteiger partial charge on any atom is 0.273 e. The molecule has 3 rings (SSSR count). The Hall–Kier alpha value is -2.10. The smallest absolute Gasteiger partial charge is 0.273 e. The molecule has 4 heteroatoms. The van der Waals surface area contributed by atoms with Gasteiger partial charge in [0.05, 0.1) is 0 Å². The van der Waals surface area contributed by atoms with E-state index in [2.05, 4.69) is 48.6 Å². The number of hydrogen-bond donors (Lipinski definition) is 1. The van der Waals surface area contributed by atoms with Gasteiger partial charge >= 0.3 is 0 Å². The second-order valence-corrected chi connectivity index (χ2v) is 6.44. The Labute approximate surface area is 130 Å². The van der Waals surface area contributed by atoms with Gasteiger partial charge < -0.3 is 9.84 Å². The molecule has 0 bridgehead atoms. The first-order chi connectivity index (χ1) is 10.6. The average molecular weight is 298 g/mol. The van der Waals surface area contributed by atoms with Crippen molar-refractivity contribution < 1.29 is 9.32 Å². The van der Waals surface area contributed by atoms with Gasteiger partial charge in [0, 0.05) is 18.5 Å². The van der Waals surface area contributed by atoms with Crippen LogP contribution in [0, 0.1) is 12.8 Å². The minimum atomic E-state index is -0.165. The van der Waals surface area contributed by atoms with Crippen LogP contribution in [-0.2, 0) is 0 Å². The van der Waals surface area contributed by atoms with Crippen molar-refractivity contribution >= 4 is 5.91 Å². The van der Waals surface area contributed by atoms with E-state index in [1.165, 1.54) is 11.1 Å². The summed E-state index contributed by atoms with van der Waals surface area (Å²) < 4.78 is 4.95. The Kier molecular flexibility index (Phi) is 4.01. The van der Waals surface area contributed by atoms with Crippen molar-refractivity contribution in [2.45, 2.75) is 39.0 Å². The highest BCUT2D eigenvalue weighted by Crippen LogP contribution is 2.44. The van der Waals surface area contributed by atoms with Gasteiger partial charge in [-0.15, -0.1) is 0 Å². The van der Waals surface area contributed by atoms with Crippen LogP contribution in [0.4, 0.5) is 0 Å². The summed E-state index contributed by atoms with van der Waals surface area (Å²) in [7, 11) is 0. The molecule has 1 aromatic heterocycles. The molecule has 1 aliphatic rings. The molecule has 1 aromatic carbocycles. The van der Waals surface area contributed by atoms with Gasteiger partial charge in [0.1, 0.15) is 5.76 Å². The van der Waals surface area contributed by atoms with Crippen molar-refractivity contribution in [1.29, 1.82) is 0 Å². The number of fused-ring (bicyclic) bond motifs is 1. The summed E-state index contributed by atoms with van der Waals surface area (Å²) >= 11 is 0. The Morgan fingerprint density at radius 3 is 2.73 bits per heavy atom. The van der Waals surface area contributed by atoms with Crippen LogP contribution in [0.3, 0.4) is 0 Å². The number of aryl methyl sites for hydroxylation is 1. The summed E-state index contributed by atoms with van der Waals surface area (Å²) in [6.07, 6.45) is 1.09. The largest absolute Gasteiger partial charge is 0.361 e. The van der Waals surface area contributed by atoms with Crippen molar-refractivity contribution in [2.75, 3.05) is 6.54 Å². The predicted octanol–water partition coefficient (Wildman–Crippen LogP) is 3.64. The van der Waals surface area contributed by atoms with Crippen molar-refractivity contribution in [2.24, 2.45) is 5.92 Å². The number of nitrogens with zero attached hydrogens (tertiary/aromatic N) is 1. The molecule has 116 valence electrons. The number of hydrogen-bond acceptors (Lipinski definition) is 3. The molecule has 0 aliphatic heterocycles. The minimum absolute atomic E-state index is 0.165. The second kappa shape index (κ2) is 5.95. The molecule has 2 atom stereocenters. The average Bonchev–Trinajstić information content (AvgIpc) is 3.09. The van der Waals surface area contributed by atoms with Crippen molar-refractivity contribution in [3.63, 3.8) is 0 Å². The molecule has 2 aromatic rings. The highest BCUT2D eigenvalue weighted by atomic mass is 16.5. The third-order valence-electron chi connectivity index (χ3n) is 4.55. The summed E-state index contributed by atoms with van der Waals surface area (Å²) in [6, 6.07) is 10.3. The van der Waals surface area contributed by atoms with Crippen molar-refractivity contribution in [1.82, 2.24) is 10.5 Å². The molecule has 4 nitrogen and oxygen atoms in total. The Morgan fingerprint density at radius 2 is 2.09 bits per heavy atom. The zero-order chi connectivity index (χ0) is 15.7. The van der Waals surface area contributed by atoms with Crippen LogP contribution in [0.2, 0.25) is 0 Å². The molecule has 1 amide bonds. The van der Waals surface area contributed by atoms with E-state index >= 15 is 0 Å². The SMILES string of the molecule is Cc1cc(C(=O)NC[C@@H]2C[C@@H](C(C)C)c3ccccc32)no1. The number of aromatic nitrogens is 1. The summed E-state index contributed by atoms with van der Waals surface area (Å²) in [5.74, 6) is 2.05. The summed E-state index contributed by atoms with van der Waals surface area (Å²) in [5, 5.41) is 6.75. The minimum Gasteiger partial charge on any atom is -0.361 e. The van der Waals surface area contributed by atoms with Gasteiger partial charge in [0.25, 0.3) is 5.91 Å². The van der Waals surface area contributed by atoms with Crippen LogP contribution in [0.15, 0.2) is 34.9 Å². The molecule has 0 saturated carbocycles. The number of carbonyl (C=O) groups is 1. The number of rotatable bonds is 4. The number of carbonyl (C=O) groups excluding carboxylic acids is 1. The van der Waals surface area contributed by atoms with Crippen molar-refractivity contribution in [3.8, 4) is 0 Å². The van der Waals surface area contributed by atoms with Gasteiger partial charge in [0.15, 0.2) is 5.69 Å². The van der Waals surface area contributed by atoms with Crippen molar-refractivity contribution in [3.05, 3.63) is 52.9 Å². The van der Waals surface area contributed by atoms with E-state index in [9.17, 15) is 4.79 Å². The highest BCUT2D eigenvalue weighted by Gasteiger charge is 2.32. The van der Waals surface area contributed by atoms with E-state index in [1.54, 1.807) is 13.0 Å². The lowest BCUT2D eigenvalue weighted by atomic mass is 9.90. The van der Waals surface area contributed by atoms with Crippen LogP contribution < -0.4 is 5.32 Å². The van der Waals surface area contributed by atoms with Gasteiger partial charge in [0.2, 0.25) is 0 Å². The Morgan fingerprint density at radius 1 is 1.36 bits per heavy atom. The van der Waals surface area contributed by atoms with Crippen LogP contribution in [0.1, 0.15) is 59.5 Å². The van der Waals surface area contributed by atoms with Crippen LogP contribution in [0.25, 0.3) is 0 Å². The van der Waals surface area contributed by atoms with Gasteiger partial charge in [-0.1, -0.05) is 43.3 Å². The first kappa shape index (κ1) is 14.8. The highest BCUT2D eigenvalue weighted by molar-refractivity contribution is 5.92. The zero-order valence-electron chi connectivity index (χ0n) is 13.3. The third kappa shape index (κ3) is 2.78. The second-order valence-electron chi connectivity index (χ2n) is 6.44. The fraction of sp³-hybridized carbons (Fsp3) is 0.444. The zero-order valence-corrected chi connectivity index (χ0v) is 13.3. The molecule has 0 saturated heterocycles. The molecule has 0 spiro atoms. The molecule has 1 aliphatic carbocycles. The first-order valence-corrected chi connectivity index (χ1v) is 7.86. The molecule has 1 heterocycles. The van der Waals surface area contributed by atoms with E-state index < -0.39 is 0 Å². The lowest BCUT2D eigenvalue weighted by molar-refractivity contribution is 0.0941. The van der Waals surface area contributed by atoms with Gasteiger partial charge in [-0.2, -0.15) is 0 Å². The Bertz CT molecular complexity index is 675. The first-order valence-electron chi connectivity index (χ1n) is 7.86. The summed E-state index contributed by atoms with van der Waals surface area (Å²) in [5.41, 5.74) is 3.16. The summed E-state index contributed by atoms with van der Waals surface area (Å²) in [4.78, 5) is 12.1. The van der Waals surface area contributed by atoms with Crippen LogP contribution in [0.5, 0.6) is 0 Å². The van der Waals surface area contributed by atoms with E-state index in [1.807, 2.05) is 0 Å².